The summed E-state index contributed by atoms with van der Waals surface area (Å²) >= 11 is 0. The molecule has 1 fully saturated rings. The van der Waals surface area contributed by atoms with E-state index in [1.807, 2.05) is 11.9 Å². The van der Waals surface area contributed by atoms with Crippen LogP contribution in [0.5, 0.6) is 0 Å². The number of carbonyl (C=O) groups is 2. The Kier molecular flexibility index (Phi) is 5.75. The van der Waals surface area contributed by atoms with Gasteiger partial charge in [-0.25, -0.2) is 0 Å². The van der Waals surface area contributed by atoms with Gasteiger partial charge in [-0.3, -0.25) is 9.59 Å². The van der Waals surface area contributed by atoms with Gasteiger partial charge in [0.15, 0.2) is 0 Å². The van der Waals surface area contributed by atoms with Crippen molar-refractivity contribution in [1.82, 2.24) is 10.2 Å². The molecule has 0 heterocycles. The van der Waals surface area contributed by atoms with Crippen molar-refractivity contribution in [2.45, 2.75) is 57.4 Å². The van der Waals surface area contributed by atoms with Gasteiger partial charge < -0.3 is 10.2 Å². The van der Waals surface area contributed by atoms with Crippen molar-refractivity contribution in [1.29, 1.82) is 0 Å². The summed E-state index contributed by atoms with van der Waals surface area (Å²) in [6.45, 7) is 0.864. The molecule has 3 aliphatic rings. The highest BCUT2D eigenvalue weighted by Gasteiger charge is 2.28. The Bertz CT molecular complexity index is 502. The summed E-state index contributed by atoms with van der Waals surface area (Å²) in [6.07, 6.45) is 16.3. The summed E-state index contributed by atoms with van der Waals surface area (Å²) in [7, 11) is 1.95. The van der Waals surface area contributed by atoms with E-state index in [2.05, 4.69) is 29.6 Å². The predicted octanol–water partition coefficient (Wildman–Crippen LogP) is 3.05. The zero-order valence-corrected chi connectivity index (χ0v) is 14.7. The van der Waals surface area contributed by atoms with Gasteiger partial charge in [-0.1, -0.05) is 24.3 Å². The van der Waals surface area contributed by atoms with Gasteiger partial charge in [0.2, 0.25) is 11.8 Å². The van der Waals surface area contributed by atoms with Gasteiger partial charge in [0.25, 0.3) is 0 Å². The summed E-state index contributed by atoms with van der Waals surface area (Å²) in [4.78, 5) is 26.5. The van der Waals surface area contributed by atoms with Gasteiger partial charge >= 0.3 is 0 Å². The molecule has 0 radical (unpaired) electrons. The number of hydrogen-bond acceptors (Lipinski definition) is 2. The van der Waals surface area contributed by atoms with Gasteiger partial charge in [-0.15, -0.1) is 0 Å². The van der Waals surface area contributed by atoms with E-state index in [1.165, 1.54) is 0 Å². The van der Waals surface area contributed by atoms with Crippen LogP contribution in [0.3, 0.4) is 0 Å². The zero-order valence-electron chi connectivity index (χ0n) is 14.7. The Morgan fingerprint density at radius 2 is 1.46 bits per heavy atom. The molecule has 0 unspecified atom stereocenters. The number of allylic oxidation sites excluding steroid dienone is 4. The summed E-state index contributed by atoms with van der Waals surface area (Å²) in [5.74, 6) is 1.43. The SMILES string of the molecule is CN(CC1CCC(NC(=O)C2CC=CC2)CC1)C(=O)C1CC=CC1. The van der Waals surface area contributed by atoms with Crippen LogP contribution in [0.4, 0.5) is 0 Å². The van der Waals surface area contributed by atoms with Crippen LogP contribution in [0.1, 0.15) is 51.4 Å². The lowest BCUT2D eigenvalue weighted by atomic mass is 9.85. The summed E-state index contributed by atoms with van der Waals surface area (Å²) in [5, 5.41) is 3.23. The molecule has 3 aliphatic carbocycles. The molecule has 24 heavy (non-hydrogen) atoms. The maximum Gasteiger partial charge on any atom is 0.226 e. The first kappa shape index (κ1) is 17.2. The molecule has 2 amide bonds. The average molecular weight is 330 g/mol. The van der Waals surface area contributed by atoms with Crippen LogP contribution in [0.25, 0.3) is 0 Å². The van der Waals surface area contributed by atoms with E-state index in [9.17, 15) is 9.59 Å². The molecule has 3 rings (SSSR count). The van der Waals surface area contributed by atoms with Crippen LogP contribution < -0.4 is 5.32 Å². The van der Waals surface area contributed by atoms with E-state index in [1.54, 1.807) is 0 Å². The molecular weight excluding hydrogens is 300 g/mol. The fraction of sp³-hybridized carbons (Fsp3) is 0.700. The number of hydrogen-bond donors (Lipinski definition) is 1. The van der Waals surface area contributed by atoms with Gasteiger partial charge in [-0.05, 0) is 57.3 Å². The van der Waals surface area contributed by atoms with E-state index in [0.29, 0.717) is 17.9 Å². The normalized spacial score (nSPS) is 27.5. The van der Waals surface area contributed by atoms with Gasteiger partial charge in [0.05, 0.1) is 0 Å². The quantitative estimate of drug-likeness (QED) is 0.788. The van der Waals surface area contributed by atoms with Gasteiger partial charge in [-0.2, -0.15) is 0 Å². The highest BCUT2D eigenvalue weighted by atomic mass is 16.2. The van der Waals surface area contributed by atoms with E-state index in [4.69, 9.17) is 0 Å². The molecule has 132 valence electrons. The van der Waals surface area contributed by atoms with Crippen LogP contribution in [-0.4, -0.2) is 36.3 Å². The van der Waals surface area contributed by atoms with Crippen molar-refractivity contribution in [3.05, 3.63) is 24.3 Å². The van der Waals surface area contributed by atoms with E-state index in [-0.39, 0.29) is 17.7 Å². The Balaban J connectivity index is 1.37. The minimum Gasteiger partial charge on any atom is -0.353 e. The van der Waals surface area contributed by atoms with Crippen molar-refractivity contribution < 1.29 is 9.59 Å². The summed E-state index contributed by atoms with van der Waals surface area (Å²) in [5.41, 5.74) is 0. The van der Waals surface area contributed by atoms with Crippen molar-refractivity contribution in [3.8, 4) is 0 Å². The van der Waals surface area contributed by atoms with E-state index in [0.717, 1.165) is 57.9 Å². The lowest BCUT2D eigenvalue weighted by Crippen LogP contribution is -2.42. The van der Waals surface area contributed by atoms with Crippen molar-refractivity contribution in [3.63, 3.8) is 0 Å². The minimum absolute atomic E-state index is 0.159. The Hall–Kier alpha value is -1.58. The molecule has 0 atom stereocenters. The number of carbonyl (C=O) groups excluding carboxylic acids is 2. The lowest BCUT2D eigenvalue weighted by Gasteiger charge is -2.33. The lowest BCUT2D eigenvalue weighted by molar-refractivity contribution is -0.134. The number of nitrogens with zero attached hydrogens (tertiary/aromatic N) is 1. The van der Waals surface area contributed by atoms with Crippen LogP contribution >= 0.6 is 0 Å². The van der Waals surface area contributed by atoms with Gasteiger partial charge in [0, 0.05) is 31.5 Å². The second kappa shape index (κ2) is 8.00. The van der Waals surface area contributed by atoms with Crippen LogP contribution in [0, 0.1) is 17.8 Å². The van der Waals surface area contributed by atoms with Crippen LogP contribution in [-0.2, 0) is 9.59 Å². The monoisotopic (exact) mass is 330 g/mol. The number of amides is 2. The van der Waals surface area contributed by atoms with E-state index < -0.39 is 0 Å². The molecule has 0 bridgehead atoms. The largest absolute Gasteiger partial charge is 0.353 e. The van der Waals surface area contributed by atoms with Crippen molar-refractivity contribution >= 4 is 11.8 Å². The molecule has 0 aromatic heterocycles. The van der Waals surface area contributed by atoms with Crippen molar-refractivity contribution in [2.24, 2.45) is 17.8 Å². The smallest absolute Gasteiger partial charge is 0.226 e. The molecule has 1 N–H and O–H groups in total. The van der Waals surface area contributed by atoms with Crippen LogP contribution in [0.2, 0.25) is 0 Å². The maximum atomic E-state index is 12.4. The molecule has 0 aromatic carbocycles. The molecule has 0 spiro atoms. The second-order valence-corrected chi connectivity index (χ2v) is 7.72. The van der Waals surface area contributed by atoms with Crippen LogP contribution in [0.15, 0.2) is 24.3 Å². The number of rotatable bonds is 5. The van der Waals surface area contributed by atoms with E-state index >= 15 is 0 Å². The third-order valence-corrected chi connectivity index (χ3v) is 5.84. The minimum atomic E-state index is 0.159. The molecule has 0 aromatic rings. The third kappa shape index (κ3) is 4.28. The molecular formula is C20H30N2O2. The topological polar surface area (TPSA) is 49.4 Å². The standard InChI is InChI=1S/C20H30N2O2/c1-22(20(24)17-8-4-5-9-17)14-15-10-12-18(13-11-15)21-19(23)16-6-2-3-7-16/h2-5,15-18H,6-14H2,1H3,(H,21,23). The highest BCUT2D eigenvalue weighted by Crippen LogP contribution is 2.27. The summed E-state index contributed by atoms with van der Waals surface area (Å²) in [6, 6.07) is 0.328. The molecule has 4 nitrogen and oxygen atoms in total. The number of nitrogens with one attached hydrogen (secondary N) is 1. The molecule has 0 aliphatic heterocycles. The fourth-order valence-electron chi connectivity index (χ4n) is 4.25. The first-order valence-corrected chi connectivity index (χ1v) is 9.49. The summed E-state index contributed by atoms with van der Waals surface area (Å²) < 4.78 is 0. The maximum absolute atomic E-state index is 12.4. The Labute approximate surface area is 145 Å². The predicted molar refractivity (Wildman–Crippen MR) is 95.3 cm³/mol. The Morgan fingerprint density at radius 3 is 2.04 bits per heavy atom. The molecule has 1 saturated carbocycles. The highest BCUT2D eigenvalue weighted by molar-refractivity contribution is 5.80. The van der Waals surface area contributed by atoms with Gasteiger partial charge in [0.1, 0.15) is 0 Å². The second-order valence-electron chi connectivity index (χ2n) is 7.72. The zero-order chi connectivity index (χ0) is 16.9. The first-order valence-electron chi connectivity index (χ1n) is 9.49. The fourth-order valence-corrected chi connectivity index (χ4v) is 4.25. The molecule has 4 heteroatoms. The Morgan fingerprint density at radius 1 is 0.917 bits per heavy atom. The first-order chi connectivity index (χ1) is 11.6. The molecule has 0 saturated heterocycles. The third-order valence-electron chi connectivity index (χ3n) is 5.84. The van der Waals surface area contributed by atoms with Crippen molar-refractivity contribution in [2.75, 3.05) is 13.6 Å². The average Bonchev–Trinajstić information content (AvgIpc) is 3.29.